The monoisotopic (exact) mass is 350 g/mol. The molecule has 26 heavy (non-hydrogen) atoms. The highest BCUT2D eigenvalue weighted by molar-refractivity contribution is 5.95. The topological polar surface area (TPSA) is 90.9 Å². The zero-order chi connectivity index (χ0) is 18.7. The number of aliphatic hydroxyl groups excluding tert-OH is 1. The van der Waals surface area contributed by atoms with Crippen molar-refractivity contribution < 1.29 is 9.90 Å². The normalized spacial score (nSPS) is 12.0. The molecule has 0 aliphatic carbocycles. The van der Waals surface area contributed by atoms with E-state index in [0.717, 1.165) is 28.2 Å². The van der Waals surface area contributed by atoms with Crippen molar-refractivity contribution in [3.05, 3.63) is 70.7 Å². The summed E-state index contributed by atoms with van der Waals surface area (Å²) in [7, 11) is 0. The summed E-state index contributed by atoms with van der Waals surface area (Å²) in [6, 6.07) is 12.8. The van der Waals surface area contributed by atoms with Crippen LogP contribution in [0.25, 0.3) is 11.3 Å². The minimum Gasteiger partial charge on any atom is -0.387 e. The summed E-state index contributed by atoms with van der Waals surface area (Å²) in [6.07, 6.45) is -0.636. The van der Waals surface area contributed by atoms with Crippen LogP contribution < -0.4 is 5.32 Å². The molecule has 0 radical (unpaired) electrons. The molecule has 0 saturated carbocycles. The van der Waals surface area contributed by atoms with Crippen LogP contribution in [0.2, 0.25) is 0 Å². The zero-order valence-electron chi connectivity index (χ0n) is 15.1. The smallest absolute Gasteiger partial charge is 0.251 e. The Labute approximate surface area is 152 Å². The van der Waals surface area contributed by atoms with Gasteiger partial charge in [0.1, 0.15) is 0 Å². The lowest BCUT2D eigenvalue weighted by molar-refractivity contribution is 0.0951. The first-order valence-corrected chi connectivity index (χ1v) is 8.50. The van der Waals surface area contributed by atoms with Gasteiger partial charge in [-0.2, -0.15) is 5.10 Å². The number of nitrogens with zero attached hydrogens (tertiary/aromatic N) is 2. The molecular formula is C20H22N4O2. The Morgan fingerprint density at radius 2 is 2.00 bits per heavy atom. The summed E-state index contributed by atoms with van der Waals surface area (Å²) < 4.78 is 0. The molecule has 2 heterocycles. The van der Waals surface area contributed by atoms with Gasteiger partial charge in [0, 0.05) is 28.9 Å². The van der Waals surface area contributed by atoms with Crippen LogP contribution in [0.3, 0.4) is 0 Å². The zero-order valence-corrected chi connectivity index (χ0v) is 15.1. The van der Waals surface area contributed by atoms with Crippen LogP contribution in [0.4, 0.5) is 0 Å². The molecule has 0 spiro atoms. The lowest BCUT2D eigenvalue weighted by Gasteiger charge is -2.09. The Balaban J connectivity index is 1.78. The molecule has 6 heteroatoms. The van der Waals surface area contributed by atoms with Crippen LogP contribution in [0, 0.1) is 13.8 Å². The molecule has 1 aromatic carbocycles. The van der Waals surface area contributed by atoms with Crippen molar-refractivity contribution in [2.24, 2.45) is 0 Å². The average molecular weight is 350 g/mol. The molecule has 2 aromatic heterocycles. The molecule has 3 aromatic rings. The number of aromatic nitrogens is 3. The minimum absolute atomic E-state index is 0.154. The highest BCUT2D eigenvalue weighted by Crippen LogP contribution is 2.21. The predicted octanol–water partition coefficient (Wildman–Crippen LogP) is 3.07. The SMILES string of the molecule is Cc1n[nH]c(C)c1CNC(=O)c1cccc(-c2cccc([C@@H](C)O)n2)c1. The number of hydrogen-bond acceptors (Lipinski definition) is 4. The molecule has 0 aliphatic rings. The van der Waals surface area contributed by atoms with E-state index < -0.39 is 6.10 Å². The van der Waals surface area contributed by atoms with E-state index in [1.54, 1.807) is 25.1 Å². The molecule has 134 valence electrons. The van der Waals surface area contributed by atoms with Crippen molar-refractivity contribution >= 4 is 5.91 Å². The summed E-state index contributed by atoms with van der Waals surface area (Å²) >= 11 is 0. The number of carbonyl (C=O) groups excluding carboxylic acids is 1. The Bertz CT molecular complexity index is 912. The minimum atomic E-state index is -0.636. The third-order valence-corrected chi connectivity index (χ3v) is 4.33. The Morgan fingerprint density at radius 1 is 1.23 bits per heavy atom. The highest BCUT2D eigenvalue weighted by Gasteiger charge is 2.11. The van der Waals surface area contributed by atoms with Gasteiger partial charge in [0.2, 0.25) is 0 Å². The Morgan fingerprint density at radius 3 is 2.69 bits per heavy atom. The first-order valence-electron chi connectivity index (χ1n) is 8.50. The lowest BCUT2D eigenvalue weighted by Crippen LogP contribution is -2.23. The number of nitrogens with one attached hydrogen (secondary N) is 2. The predicted molar refractivity (Wildman–Crippen MR) is 99.5 cm³/mol. The molecule has 0 unspecified atom stereocenters. The van der Waals surface area contributed by atoms with E-state index in [1.165, 1.54) is 0 Å². The van der Waals surface area contributed by atoms with E-state index in [1.807, 2.05) is 38.1 Å². The third kappa shape index (κ3) is 3.81. The second kappa shape index (κ2) is 7.49. The standard InChI is InChI=1S/C20H22N4O2/c1-12-17(13(2)24-23-12)11-21-20(26)16-7-4-6-15(10-16)19-9-5-8-18(22-19)14(3)25/h4-10,14,25H,11H2,1-3H3,(H,21,26)(H,23,24)/t14-/m1/s1. The van der Waals surface area contributed by atoms with Crippen molar-refractivity contribution in [2.45, 2.75) is 33.4 Å². The number of aliphatic hydroxyl groups is 1. The quantitative estimate of drug-likeness (QED) is 0.659. The van der Waals surface area contributed by atoms with E-state index in [0.29, 0.717) is 17.8 Å². The first kappa shape index (κ1) is 17.8. The molecule has 3 N–H and O–H groups in total. The highest BCUT2D eigenvalue weighted by atomic mass is 16.3. The fourth-order valence-electron chi connectivity index (χ4n) is 2.77. The van der Waals surface area contributed by atoms with E-state index in [9.17, 15) is 9.90 Å². The van der Waals surface area contributed by atoms with Gasteiger partial charge in [0.05, 0.1) is 23.2 Å². The van der Waals surface area contributed by atoms with Crippen LogP contribution in [0.1, 0.15) is 46.0 Å². The van der Waals surface area contributed by atoms with Gasteiger partial charge in [-0.25, -0.2) is 0 Å². The second-order valence-corrected chi connectivity index (χ2v) is 6.30. The van der Waals surface area contributed by atoms with Gasteiger partial charge in [-0.1, -0.05) is 18.2 Å². The summed E-state index contributed by atoms with van der Waals surface area (Å²) in [5.41, 5.74) is 5.55. The molecular weight excluding hydrogens is 328 g/mol. The number of aryl methyl sites for hydroxylation is 2. The maximum atomic E-state index is 12.5. The van der Waals surface area contributed by atoms with Crippen molar-refractivity contribution in [2.75, 3.05) is 0 Å². The van der Waals surface area contributed by atoms with Crippen molar-refractivity contribution in [1.82, 2.24) is 20.5 Å². The Kier molecular flexibility index (Phi) is 5.14. The summed E-state index contributed by atoms with van der Waals surface area (Å²) in [5, 5.41) is 19.7. The van der Waals surface area contributed by atoms with Gasteiger partial charge in [0.25, 0.3) is 5.91 Å². The van der Waals surface area contributed by atoms with Gasteiger partial charge >= 0.3 is 0 Å². The molecule has 3 rings (SSSR count). The number of aromatic amines is 1. The summed E-state index contributed by atoms with van der Waals surface area (Å²) in [6.45, 7) is 5.94. The number of H-pyrrole nitrogens is 1. The van der Waals surface area contributed by atoms with Gasteiger partial charge in [0.15, 0.2) is 0 Å². The van der Waals surface area contributed by atoms with Gasteiger partial charge in [-0.15, -0.1) is 0 Å². The van der Waals surface area contributed by atoms with Crippen LogP contribution in [-0.4, -0.2) is 26.2 Å². The van der Waals surface area contributed by atoms with Gasteiger partial charge < -0.3 is 10.4 Å². The van der Waals surface area contributed by atoms with Gasteiger partial charge in [-0.05, 0) is 45.0 Å². The fourth-order valence-corrected chi connectivity index (χ4v) is 2.77. The summed E-state index contributed by atoms with van der Waals surface area (Å²) in [5.74, 6) is -0.154. The molecule has 0 aliphatic heterocycles. The van der Waals surface area contributed by atoms with Crippen LogP contribution in [-0.2, 0) is 6.54 Å². The van der Waals surface area contributed by atoms with E-state index in [4.69, 9.17) is 0 Å². The number of rotatable bonds is 5. The van der Waals surface area contributed by atoms with E-state index in [2.05, 4.69) is 20.5 Å². The van der Waals surface area contributed by atoms with E-state index >= 15 is 0 Å². The molecule has 0 saturated heterocycles. The lowest BCUT2D eigenvalue weighted by atomic mass is 10.1. The fraction of sp³-hybridized carbons (Fsp3) is 0.250. The molecule has 0 bridgehead atoms. The number of carbonyl (C=O) groups is 1. The number of benzene rings is 1. The number of amides is 1. The third-order valence-electron chi connectivity index (χ3n) is 4.33. The van der Waals surface area contributed by atoms with E-state index in [-0.39, 0.29) is 5.91 Å². The maximum absolute atomic E-state index is 12.5. The largest absolute Gasteiger partial charge is 0.387 e. The van der Waals surface area contributed by atoms with Crippen molar-refractivity contribution in [3.8, 4) is 11.3 Å². The maximum Gasteiger partial charge on any atom is 0.251 e. The number of pyridine rings is 1. The Hall–Kier alpha value is -2.99. The van der Waals surface area contributed by atoms with Crippen molar-refractivity contribution in [3.63, 3.8) is 0 Å². The van der Waals surface area contributed by atoms with Crippen LogP contribution >= 0.6 is 0 Å². The van der Waals surface area contributed by atoms with Gasteiger partial charge in [-0.3, -0.25) is 14.9 Å². The molecule has 1 atom stereocenters. The molecule has 0 fully saturated rings. The van der Waals surface area contributed by atoms with Crippen LogP contribution in [0.15, 0.2) is 42.5 Å². The second-order valence-electron chi connectivity index (χ2n) is 6.30. The van der Waals surface area contributed by atoms with Crippen molar-refractivity contribution in [1.29, 1.82) is 0 Å². The average Bonchev–Trinajstić information content (AvgIpc) is 2.97. The number of hydrogen-bond donors (Lipinski definition) is 3. The van der Waals surface area contributed by atoms with Crippen LogP contribution in [0.5, 0.6) is 0 Å². The summed E-state index contributed by atoms with van der Waals surface area (Å²) in [4.78, 5) is 17.0. The first-order chi connectivity index (χ1) is 12.5. The molecule has 6 nitrogen and oxygen atoms in total. The molecule has 1 amide bonds.